The standard InChI is InChI=1S/C12H21NO5/c1-7-5-8(17-9(7)10(14)15)6-13-11(16)18-12(2,3)4/h7-9H,5-6H2,1-4H3,(H,13,16)(H,14,15)/t7-,8-,9+/m1/s1. The summed E-state index contributed by atoms with van der Waals surface area (Å²) in [6.45, 7) is 7.43. The number of carboxylic acid groups (broad SMARTS) is 1. The van der Waals surface area contributed by atoms with Crippen molar-refractivity contribution in [1.29, 1.82) is 0 Å². The first-order valence-electron chi connectivity index (χ1n) is 6.04. The van der Waals surface area contributed by atoms with E-state index in [9.17, 15) is 9.59 Å². The van der Waals surface area contributed by atoms with Gasteiger partial charge >= 0.3 is 12.1 Å². The van der Waals surface area contributed by atoms with Crippen LogP contribution in [-0.2, 0) is 14.3 Å². The first kappa shape index (κ1) is 14.8. The highest BCUT2D eigenvalue weighted by Gasteiger charge is 2.37. The molecule has 1 heterocycles. The number of nitrogens with one attached hydrogen (secondary N) is 1. The second-order valence-corrected chi connectivity index (χ2v) is 5.61. The largest absolute Gasteiger partial charge is 0.479 e. The zero-order valence-electron chi connectivity index (χ0n) is 11.2. The quantitative estimate of drug-likeness (QED) is 0.800. The first-order chi connectivity index (χ1) is 8.19. The van der Waals surface area contributed by atoms with Crippen molar-refractivity contribution in [2.24, 2.45) is 5.92 Å². The predicted octanol–water partition coefficient (Wildman–Crippen LogP) is 1.39. The molecule has 1 fully saturated rings. The molecule has 0 aromatic rings. The van der Waals surface area contributed by atoms with E-state index in [2.05, 4.69) is 5.32 Å². The van der Waals surface area contributed by atoms with Gasteiger partial charge in [-0.1, -0.05) is 6.92 Å². The lowest BCUT2D eigenvalue weighted by atomic mass is 10.0. The highest BCUT2D eigenvalue weighted by Crippen LogP contribution is 2.25. The second-order valence-electron chi connectivity index (χ2n) is 5.61. The molecule has 18 heavy (non-hydrogen) atoms. The Bertz CT molecular complexity index is 323. The molecule has 0 aliphatic carbocycles. The Kier molecular flexibility index (Phi) is 4.56. The molecule has 1 rings (SSSR count). The number of alkyl carbamates (subject to hydrolysis) is 1. The van der Waals surface area contributed by atoms with Gasteiger partial charge in [0.25, 0.3) is 0 Å². The van der Waals surface area contributed by atoms with E-state index in [0.717, 1.165) is 0 Å². The van der Waals surface area contributed by atoms with Crippen LogP contribution < -0.4 is 5.32 Å². The summed E-state index contributed by atoms with van der Waals surface area (Å²) in [6, 6.07) is 0. The van der Waals surface area contributed by atoms with Crippen molar-refractivity contribution in [3.63, 3.8) is 0 Å². The average Bonchev–Trinajstić information content (AvgIpc) is 2.54. The van der Waals surface area contributed by atoms with E-state index in [4.69, 9.17) is 14.6 Å². The summed E-state index contributed by atoms with van der Waals surface area (Å²) in [5.74, 6) is -1.00. The molecule has 0 aromatic carbocycles. The Morgan fingerprint density at radius 1 is 1.44 bits per heavy atom. The Labute approximate surface area is 107 Å². The van der Waals surface area contributed by atoms with E-state index in [1.807, 2.05) is 6.92 Å². The third-order valence-electron chi connectivity index (χ3n) is 2.61. The molecule has 1 saturated heterocycles. The van der Waals surface area contributed by atoms with Crippen molar-refractivity contribution in [2.75, 3.05) is 6.54 Å². The molecule has 0 bridgehead atoms. The normalized spacial score (nSPS) is 27.9. The van der Waals surface area contributed by atoms with Gasteiger partial charge in [-0.3, -0.25) is 0 Å². The maximum absolute atomic E-state index is 11.4. The topological polar surface area (TPSA) is 84.9 Å². The summed E-state index contributed by atoms with van der Waals surface area (Å²) < 4.78 is 10.4. The van der Waals surface area contributed by atoms with Crippen LogP contribution in [0.3, 0.4) is 0 Å². The molecule has 6 nitrogen and oxygen atoms in total. The molecule has 1 aliphatic rings. The lowest BCUT2D eigenvalue weighted by Gasteiger charge is -2.20. The maximum atomic E-state index is 11.4. The molecule has 2 N–H and O–H groups in total. The van der Waals surface area contributed by atoms with E-state index in [-0.39, 0.29) is 18.6 Å². The molecular formula is C12H21NO5. The fourth-order valence-electron chi connectivity index (χ4n) is 1.88. The molecule has 104 valence electrons. The smallest absolute Gasteiger partial charge is 0.407 e. The fraction of sp³-hybridized carbons (Fsp3) is 0.833. The first-order valence-corrected chi connectivity index (χ1v) is 6.04. The van der Waals surface area contributed by atoms with E-state index in [1.165, 1.54) is 0 Å². The summed E-state index contributed by atoms with van der Waals surface area (Å²) in [4.78, 5) is 22.3. The number of amides is 1. The average molecular weight is 259 g/mol. The Morgan fingerprint density at radius 3 is 2.50 bits per heavy atom. The molecule has 1 aliphatic heterocycles. The van der Waals surface area contributed by atoms with Gasteiger partial charge in [-0.25, -0.2) is 9.59 Å². The van der Waals surface area contributed by atoms with E-state index in [0.29, 0.717) is 6.42 Å². The van der Waals surface area contributed by atoms with Crippen LogP contribution in [0.5, 0.6) is 0 Å². The van der Waals surface area contributed by atoms with Crippen LogP contribution in [0.1, 0.15) is 34.1 Å². The number of rotatable bonds is 3. The maximum Gasteiger partial charge on any atom is 0.407 e. The van der Waals surface area contributed by atoms with Gasteiger partial charge < -0.3 is 19.9 Å². The minimum Gasteiger partial charge on any atom is -0.479 e. The molecule has 0 saturated carbocycles. The van der Waals surface area contributed by atoms with Crippen molar-refractivity contribution in [3.05, 3.63) is 0 Å². The Balaban J connectivity index is 2.33. The molecular weight excluding hydrogens is 238 g/mol. The lowest BCUT2D eigenvalue weighted by molar-refractivity contribution is -0.150. The fourth-order valence-corrected chi connectivity index (χ4v) is 1.88. The van der Waals surface area contributed by atoms with Gasteiger partial charge in [0.05, 0.1) is 6.10 Å². The van der Waals surface area contributed by atoms with E-state index < -0.39 is 23.8 Å². The zero-order chi connectivity index (χ0) is 13.9. The number of ether oxygens (including phenoxy) is 2. The summed E-state index contributed by atoms with van der Waals surface area (Å²) in [5, 5.41) is 11.5. The molecule has 3 atom stereocenters. The third kappa shape index (κ3) is 4.52. The third-order valence-corrected chi connectivity index (χ3v) is 2.61. The number of carbonyl (C=O) groups excluding carboxylic acids is 1. The summed E-state index contributed by atoms with van der Waals surface area (Å²) in [5.41, 5.74) is -0.544. The number of carboxylic acids is 1. The SMILES string of the molecule is C[C@@H]1C[C@H](CNC(=O)OC(C)(C)C)O[C@@H]1C(=O)O. The van der Waals surface area contributed by atoms with Gasteiger partial charge in [0.1, 0.15) is 5.60 Å². The zero-order valence-corrected chi connectivity index (χ0v) is 11.2. The van der Waals surface area contributed by atoms with Crippen molar-refractivity contribution in [1.82, 2.24) is 5.32 Å². The number of aliphatic carboxylic acids is 1. The van der Waals surface area contributed by atoms with Crippen LogP contribution in [0.25, 0.3) is 0 Å². The second kappa shape index (κ2) is 5.56. The number of carbonyl (C=O) groups is 2. The monoisotopic (exact) mass is 259 g/mol. The molecule has 0 aromatic heterocycles. The van der Waals surface area contributed by atoms with Crippen LogP contribution >= 0.6 is 0 Å². The lowest BCUT2D eigenvalue weighted by Crippen LogP contribution is -2.37. The van der Waals surface area contributed by atoms with Crippen LogP contribution in [0.2, 0.25) is 0 Å². The molecule has 6 heteroatoms. The van der Waals surface area contributed by atoms with E-state index >= 15 is 0 Å². The molecule has 0 spiro atoms. The van der Waals surface area contributed by atoms with Crippen molar-refractivity contribution in [3.8, 4) is 0 Å². The molecule has 0 unspecified atom stereocenters. The van der Waals surface area contributed by atoms with Gasteiger partial charge in [-0.2, -0.15) is 0 Å². The Hall–Kier alpha value is -1.30. The van der Waals surface area contributed by atoms with Crippen molar-refractivity contribution < 1.29 is 24.2 Å². The van der Waals surface area contributed by atoms with Gasteiger partial charge in [-0.15, -0.1) is 0 Å². The summed E-state index contributed by atoms with van der Waals surface area (Å²) in [6.07, 6.45) is -0.950. The molecule has 1 amide bonds. The van der Waals surface area contributed by atoms with Gasteiger partial charge in [-0.05, 0) is 33.1 Å². The van der Waals surface area contributed by atoms with Gasteiger partial charge in [0.2, 0.25) is 0 Å². The Morgan fingerprint density at radius 2 is 2.06 bits per heavy atom. The van der Waals surface area contributed by atoms with Crippen LogP contribution in [0.4, 0.5) is 4.79 Å². The van der Waals surface area contributed by atoms with Crippen LogP contribution in [0, 0.1) is 5.92 Å². The summed E-state index contributed by atoms with van der Waals surface area (Å²) in [7, 11) is 0. The summed E-state index contributed by atoms with van der Waals surface area (Å²) >= 11 is 0. The van der Waals surface area contributed by atoms with Crippen molar-refractivity contribution >= 4 is 12.1 Å². The van der Waals surface area contributed by atoms with Crippen LogP contribution in [0.15, 0.2) is 0 Å². The minimum atomic E-state index is -0.956. The van der Waals surface area contributed by atoms with Gasteiger partial charge in [0.15, 0.2) is 6.10 Å². The number of hydrogen-bond donors (Lipinski definition) is 2. The number of hydrogen-bond acceptors (Lipinski definition) is 4. The van der Waals surface area contributed by atoms with Crippen molar-refractivity contribution in [2.45, 2.75) is 51.9 Å². The predicted molar refractivity (Wildman–Crippen MR) is 64.3 cm³/mol. The van der Waals surface area contributed by atoms with Crippen LogP contribution in [-0.4, -0.2) is 41.5 Å². The van der Waals surface area contributed by atoms with E-state index in [1.54, 1.807) is 20.8 Å². The highest BCUT2D eigenvalue weighted by atomic mass is 16.6. The van der Waals surface area contributed by atoms with Gasteiger partial charge in [0, 0.05) is 6.54 Å². The molecule has 0 radical (unpaired) electrons. The minimum absolute atomic E-state index is 0.0482. The highest BCUT2D eigenvalue weighted by molar-refractivity contribution is 5.73.